The summed E-state index contributed by atoms with van der Waals surface area (Å²) in [6.07, 6.45) is 3.21. The molecule has 0 saturated carbocycles. The first-order chi connectivity index (χ1) is 6.95. The zero-order valence-corrected chi connectivity index (χ0v) is 8.32. The van der Waals surface area contributed by atoms with Crippen molar-refractivity contribution in [1.29, 1.82) is 0 Å². The number of hydrogen-bond acceptors (Lipinski definition) is 2. The number of ether oxygens (including phenoxy) is 2. The third kappa shape index (κ3) is 2.82. The van der Waals surface area contributed by atoms with Crippen molar-refractivity contribution >= 4 is 0 Å². The maximum absolute atomic E-state index is 5.58. The van der Waals surface area contributed by atoms with Gasteiger partial charge < -0.3 is 9.47 Å². The minimum Gasteiger partial charge on any atom is -0.353 e. The summed E-state index contributed by atoms with van der Waals surface area (Å²) in [5.41, 5.74) is 1.32. The molecule has 1 unspecified atom stereocenters. The van der Waals surface area contributed by atoms with Gasteiger partial charge in [-0.15, -0.1) is 0 Å². The molecule has 1 heterocycles. The Hall–Kier alpha value is -0.860. The van der Waals surface area contributed by atoms with Crippen LogP contribution in [0.1, 0.15) is 18.4 Å². The summed E-state index contributed by atoms with van der Waals surface area (Å²) in [6, 6.07) is 10.4. The Kier molecular flexibility index (Phi) is 3.55. The highest BCUT2D eigenvalue weighted by Crippen LogP contribution is 2.13. The molecule has 2 nitrogen and oxygen atoms in total. The molecule has 1 fully saturated rings. The van der Waals surface area contributed by atoms with Gasteiger partial charge in [0.1, 0.15) is 0 Å². The van der Waals surface area contributed by atoms with Crippen LogP contribution >= 0.6 is 0 Å². The number of rotatable bonds is 4. The molecule has 1 aliphatic rings. The second kappa shape index (κ2) is 5.13. The normalized spacial score (nSPS) is 21.3. The average molecular weight is 192 g/mol. The average Bonchev–Trinajstić information content (AvgIpc) is 2.72. The second-order valence-corrected chi connectivity index (χ2v) is 3.55. The molecule has 0 radical (unpaired) electrons. The fourth-order valence-corrected chi connectivity index (χ4v) is 1.63. The van der Waals surface area contributed by atoms with Gasteiger partial charge in [0, 0.05) is 13.0 Å². The van der Waals surface area contributed by atoms with E-state index in [0.29, 0.717) is 0 Å². The van der Waals surface area contributed by atoms with Crippen LogP contribution in [0.25, 0.3) is 0 Å². The Morgan fingerprint density at radius 1 is 1.29 bits per heavy atom. The minimum atomic E-state index is 0.0544. The summed E-state index contributed by atoms with van der Waals surface area (Å²) in [7, 11) is 0. The molecule has 0 aliphatic carbocycles. The molecule has 1 atom stereocenters. The van der Waals surface area contributed by atoms with E-state index >= 15 is 0 Å². The molecule has 14 heavy (non-hydrogen) atoms. The van der Waals surface area contributed by atoms with Gasteiger partial charge in [-0.1, -0.05) is 30.3 Å². The lowest BCUT2D eigenvalue weighted by Gasteiger charge is -2.10. The van der Waals surface area contributed by atoms with Gasteiger partial charge in [0.25, 0.3) is 0 Å². The highest BCUT2D eigenvalue weighted by molar-refractivity contribution is 5.14. The first-order valence-electron chi connectivity index (χ1n) is 5.22. The Morgan fingerprint density at radius 2 is 2.14 bits per heavy atom. The van der Waals surface area contributed by atoms with Crippen molar-refractivity contribution in [1.82, 2.24) is 0 Å². The molecular formula is C12H16O2. The van der Waals surface area contributed by atoms with Gasteiger partial charge in [0.15, 0.2) is 6.29 Å². The van der Waals surface area contributed by atoms with Crippen LogP contribution in [0, 0.1) is 0 Å². The fourth-order valence-electron chi connectivity index (χ4n) is 1.63. The van der Waals surface area contributed by atoms with Crippen LogP contribution in [0.15, 0.2) is 30.3 Å². The van der Waals surface area contributed by atoms with Gasteiger partial charge in [-0.25, -0.2) is 0 Å². The number of hydrogen-bond donors (Lipinski definition) is 0. The smallest absolute Gasteiger partial charge is 0.157 e. The van der Waals surface area contributed by atoms with E-state index in [4.69, 9.17) is 9.47 Å². The van der Waals surface area contributed by atoms with E-state index in [1.165, 1.54) is 5.56 Å². The summed E-state index contributed by atoms with van der Waals surface area (Å²) in [5.74, 6) is 0. The molecule has 1 aromatic carbocycles. The lowest BCUT2D eigenvalue weighted by atomic mass is 10.2. The maximum atomic E-state index is 5.58. The van der Waals surface area contributed by atoms with Crippen molar-refractivity contribution in [2.75, 3.05) is 13.2 Å². The second-order valence-electron chi connectivity index (χ2n) is 3.55. The largest absolute Gasteiger partial charge is 0.353 e. The molecule has 0 bridgehead atoms. The summed E-state index contributed by atoms with van der Waals surface area (Å²) in [6.45, 7) is 1.62. The van der Waals surface area contributed by atoms with E-state index in [2.05, 4.69) is 24.3 Å². The van der Waals surface area contributed by atoms with Crippen LogP contribution in [0.3, 0.4) is 0 Å². The van der Waals surface area contributed by atoms with Crippen LogP contribution in [0.4, 0.5) is 0 Å². The van der Waals surface area contributed by atoms with Crippen molar-refractivity contribution < 1.29 is 9.47 Å². The summed E-state index contributed by atoms with van der Waals surface area (Å²) < 4.78 is 11.0. The molecular weight excluding hydrogens is 176 g/mol. The quantitative estimate of drug-likeness (QED) is 0.729. The first kappa shape index (κ1) is 9.69. The predicted octanol–water partition coefficient (Wildman–Crippen LogP) is 2.38. The Morgan fingerprint density at radius 3 is 2.86 bits per heavy atom. The maximum Gasteiger partial charge on any atom is 0.157 e. The van der Waals surface area contributed by atoms with E-state index in [1.807, 2.05) is 6.07 Å². The monoisotopic (exact) mass is 192 g/mol. The van der Waals surface area contributed by atoms with Crippen molar-refractivity contribution in [3.63, 3.8) is 0 Å². The van der Waals surface area contributed by atoms with Crippen molar-refractivity contribution in [2.24, 2.45) is 0 Å². The summed E-state index contributed by atoms with van der Waals surface area (Å²) >= 11 is 0. The molecule has 0 N–H and O–H groups in total. The van der Waals surface area contributed by atoms with Gasteiger partial charge in [0.2, 0.25) is 0 Å². The zero-order valence-electron chi connectivity index (χ0n) is 8.32. The highest BCUT2D eigenvalue weighted by atomic mass is 16.7. The molecule has 0 spiro atoms. The van der Waals surface area contributed by atoms with Gasteiger partial charge in [-0.05, 0) is 18.4 Å². The Bertz CT molecular complexity index is 252. The van der Waals surface area contributed by atoms with Crippen LogP contribution in [0.2, 0.25) is 0 Å². The highest BCUT2D eigenvalue weighted by Gasteiger charge is 2.14. The van der Waals surface area contributed by atoms with Crippen LogP contribution in [-0.2, 0) is 15.9 Å². The first-order valence-corrected chi connectivity index (χ1v) is 5.22. The van der Waals surface area contributed by atoms with Crippen molar-refractivity contribution in [3.8, 4) is 0 Å². The molecule has 2 rings (SSSR count). The standard InChI is InChI=1S/C12H16O2/c1-2-5-11(6-3-1)8-10-14-12-7-4-9-13-12/h1-3,5-6,12H,4,7-10H2. The topological polar surface area (TPSA) is 18.5 Å². The van der Waals surface area contributed by atoms with Crippen molar-refractivity contribution in [2.45, 2.75) is 25.6 Å². The Balaban J connectivity index is 1.67. The van der Waals surface area contributed by atoms with E-state index in [-0.39, 0.29) is 6.29 Å². The van der Waals surface area contributed by atoms with E-state index in [0.717, 1.165) is 32.5 Å². The van der Waals surface area contributed by atoms with E-state index in [9.17, 15) is 0 Å². The molecule has 1 aliphatic heterocycles. The molecule has 1 saturated heterocycles. The molecule has 1 aromatic rings. The van der Waals surface area contributed by atoms with Crippen LogP contribution in [0.5, 0.6) is 0 Å². The predicted molar refractivity (Wildman–Crippen MR) is 55.1 cm³/mol. The molecule has 76 valence electrons. The zero-order chi connectivity index (χ0) is 9.64. The van der Waals surface area contributed by atoms with Gasteiger partial charge in [-0.2, -0.15) is 0 Å². The van der Waals surface area contributed by atoms with Gasteiger partial charge in [-0.3, -0.25) is 0 Å². The molecule has 0 amide bonds. The van der Waals surface area contributed by atoms with Crippen molar-refractivity contribution in [3.05, 3.63) is 35.9 Å². The SMILES string of the molecule is c1ccc(CCOC2CCCO2)cc1. The van der Waals surface area contributed by atoms with E-state index < -0.39 is 0 Å². The van der Waals surface area contributed by atoms with Crippen LogP contribution < -0.4 is 0 Å². The summed E-state index contributed by atoms with van der Waals surface area (Å²) in [5, 5.41) is 0. The summed E-state index contributed by atoms with van der Waals surface area (Å²) in [4.78, 5) is 0. The third-order valence-electron chi connectivity index (χ3n) is 2.43. The van der Waals surface area contributed by atoms with Crippen LogP contribution in [-0.4, -0.2) is 19.5 Å². The number of benzene rings is 1. The van der Waals surface area contributed by atoms with Gasteiger partial charge in [0.05, 0.1) is 6.61 Å². The lowest BCUT2D eigenvalue weighted by molar-refractivity contribution is -0.109. The molecule has 0 aromatic heterocycles. The third-order valence-corrected chi connectivity index (χ3v) is 2.43. The van der Waals surface area contributed by atoms with E-state index in [1.54, 1.807) is 0 Å². The minimum absolute atomic E-state index is 0.0544. The fraction of sp³-hybridized carbons (Fsp3) is 0.500. The van der Waals surface area contributed by atoms with Gasteiger partial charge >= 0.3 is 0 Å². The molecule has 2 heteroatoms. The lowest BCUT2D eigenvalue weighted by Crippen LogP contribution is -2.12. The Labute approximate surface area is 84.8 Å².